The van der Waals surface area contributed by atoms with Gasteiger partial charge in [-0.15, -0.1) is 10.2 Å². The average molecular weight is 401 g/mol. The fraction of sp³-hybridized carbons (Fsp3) is 0.304. The molecule has 1 N–H and O–H groups in total. The molecule has 0 spiro atoms. The van der Waals surface area contributed by atoms with Gasteiger partial charge in [-0.25, -0.2) is 0 Å². The Morgan fingerprint density at radius 1 is 0.933 bits per heavy atom. The minimum absolute atomic E-state index is 0.0102. The number of carbonyl (C=O) groups is 1. The van der Waals surface area contributed by atoms with Crippen LogP contribution in [0.3, 0.4) is 0 Å². The van der Waals surface area contributed by atoms with Crippen LogP contribution >= 0.6 is 0 Å². The number of nitrogens with zero attached hydrogens (tertiary/aromatic N) is 4. The Morgan fingerprint density at radius 2 is 1.63 bits per heavy atom. The van der Waals surface area contributed by atoms with Crippen molar-refractivity contribution in [2.24, 2.45) is 0 Å². The minimum atomic E-state index is -0.125. The number of benzene rings is 2. The molecule has 1 aliphatic heterocycles. The van der Waals surface area contributed by atoms with E-state index in [4.69, 9.17) is 0 Å². The first-order valence-corrected chi connectivity index (χ1v) is 10.4. The van der Waals surface area contributed by atoms with Crippen LogP contribution in [-0.2, 0) is 30.8 Å². The fourth-order valence-electron chi connectivity index (χ4n) is 4.30. The van der Waals surface area contributed by atoms with E-state index in [0.29, 0.717) is 17.3 Å². The second-order valence-corrected chi connectivity index (χ2v) is 7.72. The number of hydrogen-bond acceptors (Lipinski definition) is 4. The lowest BCUT2D eigenvalue weighted by atomic mass is 10.1. The van der Waals surface area contributed by atoms with Gasteiger partial charge in [-0.3, -0.25) is 9.59 Å². The van der Waals surface area contributed by atoms with Crippen molar-refractivity contribution in [3.63, 3.8) is 0 Å². The Bertz CT molecular complexity index is 1240. The van der Waals surface area contributed by atoms with Gasteiger partial charge in [0.05, 0.1) is 17.6 Å². The minimum Gasteiger partial charge on any atom is -0.347 e. The molecule has 0 saturated carbocycles. The van der Waals surface area contributed by atoms with Crippen molar-refractivity contribution in [2.45, 2.75) is 45.3 Å². The lowest BCUT2D eigenvalue weighted by Gasteiger charge is -2.15. The van der Waals surface area contributed by atoms with Crippen molar-refractivity contribution in [3.05, 3.63) is 70.4 Å². The Hall–Kier alpha value is -3.48. The van der Waals surface area contributed by atoms with Crippen LogP contribution in [0.2, 0.25) is 0 Å². The molecule has 0 unspecified atom stereocenters. The number of pyridine rings is 1. The monoisotopic (exact) mass is 401 g/mol. The predicted octanol–water partition coefficient (Wildman–Crippen LogP) is 2.79. The van der Waals surface area contributed by atoms with E-state index >= 15 is 0 Å². The van der Waals surface area contributed by atoms with Gasteiger partial charge in [0.1, 0.15) is 12.4 Å². The summed E-state index contributed by atoms with van der Waals surface area (Å²) < 4.78 is 4.04. The first kappa shape index (κ1) is 18.5. The summed E-state index contributed by atoms with van der Waals surface area (Å²) in [7, 11) is 0. The molecule has 0 fully saturated rings. The van der Waals surface area contributed by atoms with E-state index in [9.17, 15) is 9.59 Å². The van der Waals surface area contributed by atoms with E-state index in [1.54, 1.807) is 0 Å². The van der Waals surface area contributed by atoms with Gasteiger partial charge in [-0.05, 0) is 37.1 Å². The van der Waals surface area contributed by atoms with Crippen molar-refractivity contribution in [1.82, 2.24) is 24.6 Å². The third-order valence-electron chi connectivity index (χ3n) is 5.81. The van der Waals surface area contributed by atoms with Gasteiger partial charge in [-0.2, -0.15) is 0 Å². The number of nitrogens with one attached hydrogen (secondary N) is 1. The number of fused-ring (bicyclic) bond motifs is 3. The molecule has 5 rings (SSSR count). The second-order valence-electron chi connectivity index (χ2n) is 7.72. The molecular formula is C23H23N5O2. The molecule has 2 aromatic carbocycles. The number of hydrogen-bond donors (Lipinski definition) is 1. The quantitative estimate of drug-likeness (QED) is 0.533. The summed E-state index contributed by atoms with van der Waals surface area (Å²) in [4.78, 5) is 25.7. The molecule has 7 heteroatoms. The molecule has 7 nitrogen and oxygen atoms in total. The van der Waals surface area contributed by atoms with Crippen LogP contribution in [0.15, 0.2) is 53.3 Å². The molecule has 2 aromatic heterocycles. The first-order valence-electron chi connectivity index (χ1n) is 10.4. The Morgan fingerprint density at radius 3 is 2.37 bits per heavy atom. The molecule has 4 aromatic rings. The predicted molar refractivity (Wildman–Crippen MR) is 115 cm³/mol. The van der Waals surface area contributed by atoms with Crippen LogP contribution in [0, 0.1) is 0 Å². The van der Waals surface area contributed by atoms with E-state index < -0.39 is 0 Å². The van der Waals surface area contributed by atoms with E-state index in [1.807, 2.05) is 53.1 Å². The van der Waals surface area contributed by atoms with Crippen molar-refractivity contribution < 1.29 is 4.79 Å². The van der Waals surface area contributed by atoms with Gasteiger partial charge in [0.2, 0.25) is 5.91 Å². The van der Waals surface area contributed by atoms with Crippen molar-refractivity contribution in [3.8, 4) is 0 Å². The Kier molecular flexibility index (Phi) is 4.78. The van der Waals surface area contributed by atoms with E-state index in [0.717, 1.165) is 48.5 Å². The largest absolute Gasteiger partial charge is 0.347 e. The average Bonchev–Trinajstić information content (AvgIpc) is 3.01. The first-order chi connectivity index (χ1) is 14.7. The summed E-state index contributed by atoms with van der Waals surface area (Å²) in [6, 6.07) is 14.9. The van der Waals surface area contributed by atoms with Crippen LogP contribution in [0.25, 0.3) is 21.8 Å². The lowest BCUT2D eigenvalue weighted by Crippen LogP contribution is -2.29. The second kappa shape index (κ2) is 7.74. The molecule has 0 aliphatic carbocycles. The number of para-hydroxylation sites is 2. The maximum atomic E-state index is 12.8. The van der Waals surface area contributed by atoms with Gasteiger partial charge >= 0.3 is 0 Å². The van der Waals surface area contributed by atoms with Crippen molar-refractivity contribution in [2.75, 3.05) is 0 Å². The Balaban J connectivity index is 1.43. The molecule has 30 heavy (non-hydrogen) atoms. The molecule has 3 heterocycles. The normalized spacial score (nSPS) is 13.9. The maximum absolute atomic E-state index is 12.8. The van der Waals surface area contributed by atoms with Crippen molar-refractivity contribution in [1.29, 1.82) is 0 Å². The molecule has 152 valence electrons. The molecule has 0 atom stereocenters. The molecule has 0 saturated heterocycles. The third kappa shape index (κ3) is 3.26. The van der Waals surface area contributed by atoms with Crippen molar-refractivity contribution >= 4 is 27.7 Å². The standard InChI is InChI=1S/C23H23N5O2/c29-22(24-14-21-26-25-20-12-2-1-7-13-27(20)21)15-28-18-10-5-3-8-16(18)23(30)17-9-4-6-11-19(17)28/h3-6,8-11H,1-2,7,12-15H2,(H,24,29). The summed E-state index contributed by atoms with van der Waals surface area (Å²) in [6.07, 6.45) is 4.39. The van der Waals surface area contributed by atoms with Gasteiger partial charge < -0.3 is 14.5 Å². The van der Waals surface area contributed by atoms with Crippen LogP contribution in [0.5, 0.6) is 0 Å². The van der Waals surface area contributed by atoms with Gasteiger partial charge in [0.25, 0.3) is 0 Å². The zero-order valence-electron chi connectivity index (χ0n) is 16.7. The smallest absolute Gasteiger partial charge is 0.240 e. The van der Waals surface area contributed by atoms with E-state index in [-0.39, 0.29) is 17.9 Å². The van der Waals surface area contributed by atoms with Crippen LogP contribution < -0.4 is 10.7 Å². The molecule has 0 radical (unpaired) electrons. The number of aryl methyl sites for hydroxylation is 1. The maximum Gasteiger partial charge on any atom is 0.240 e. The number of rotatable bonds is 4. The summed E-state index contributed by atoms with van der Waals surface area (Å²) in [5.41, 5.74) is 1.50. The SMILES string of the molecule is O=C(Cn1c2ccccc2c(=O)c2ccccc21)NCc1nnc2n1CCCCC2. The topological polar surface area (TPSA) is 81.8 Å². The zero-order chi connectivity index (χ0) is 20.5. The molecule has 1 aliphatic rings. The third-order valence-corrected chi connectivity index (χ3v) is 5.81. The van der Waals surface area contributed by atoms with Crippen LogP contribution in [0.1, 0.15) is 30.9 Å². The highest BCUT2D eigenvalue weighted by Crippen LogP contribution is 2.19. The zero-order valence-corrected chi connectivity index (χ0v) is 16.7. The van der Waals surface area contributed by atoms with Gasteiger partial charge in [0, 0.05) is 23.7 Å². The Labute approximate surface area is 173 Å². The summed E-state index contributed by atoms with van der Waals surface area (Å²) in [5, 5.41) is 12.8. The van der Waals surface area contributed by atoms with Crippen LogP contribution in [-0.4, -0.2) is 25.2 Å². The molecule has 1 amide bonds. The van der Waals surface area contributed by atoms with Crippen LogP contribution in [0.4, 0.5) is 0 Å². The van der Waals surface area contributed by atoms with Gasteiger partial charge in [0.15, 0.2) is 11.3 Å². The fourth-order valence-corrected chi connectivity index (χ4v) is 4.30. The summed E-state index contributed by atoms with van der Waals surface area (Å²) >= 11 is 0. The summed E-state index contributed by atoms with van der Waals surface area (Å²) in [6.45, 7) is 1.38. The molecule has 0 bridgehead atoms. The lowest BCUT2D eigenvalue weighted by molar-refractivity contribution is -0.121. The van der Waals surface area contributed by atoms with E-state index in [2.05, 4.69) is 20.1 Å². The summed E-state index contributed by atoms with van der Waals surface area (Å²) in [5.74, 6) is 1.68. The van der Waals surface area contributed by atoms with Gasteiger partial charge in [-0.1, -0.05) is 30.7 Å². The molecular weight excluding hydrogens is 378 g/mol. The highest BCUT2D eigenvalue weighted by atomic mass is 16.2. The number of amides is 1. The number of carbonyl (C=O) groups excluding carboxylic acids is 1. The van der Waals surface area contributed by atoms with E-state index in [1.165, 1.54) is 6.42 Å². The highest BCUT2D eigenvalue weighted by molar-refractivity contribution is 5.94. The number of aromatic nitrogens is 4. The highest BCUT2D eigenvalue weighted by Gasteiger charge is 2.16.